The van der Waals surface area contributed by atoms with Gasteiger partial charge in [0.05, 0.1) is 19.8 Å². The summed E-state index contributed by atoms with van der Waals surface area (Å²) in [6.45, 7) is 3.83. The van der Waals surface area contributed by atoms with Gasteiger partial charge < -0.3 is 24.7 Å². The molecule has 7 heteroatoms. The monoisotopic (exact) mass is 437 g/mol. The molecule has 0 radical (unpaired) electrons. The third kappa shape index (κ3) is 5.24. The van der Waals surface area contributed by atoms with Crippen LogP contribution in [0.2, 0.25) is 0 Å². The van der Waals surface area contributed by atoms with Crippen LogP contribution in [0.1, 0.15) is 24.0 Å². The third-order valence-corrected chi connectivity index (χ3v) is 5.85. The summed E-state index contributed by atoms with van der Waals surface area (Å²) in [7, 11) is 1.63. The Bertz CT molecular complexity index is 1140. The molecule has 1 aromatic heterocycles. The van der Waals surface area contributed by atoms with Crippen molar-refractivity contribution in [2.45, 2.75) is 32.4 Å². The van der Waals surface area contributed by atoms with Crippen molar-refractivity contribution in [1.82, 2.24) is 9.88 Å². The van der Waals surface area contributed by atoms with Crippen molar-refractivity contribution in [1.29, 1.82) is 0 Å². The van der Waals surface area contributed by atoms with Crippen molar-refractivity contribution >= 4 is 33.9 Å². The lowest BCUT2D eigenvalue weighted by molar-refractivity contribution is 0.0904. The van der Waals surface area contributed by atoms with Crippen LogP contribution >= 0.6 is 12.2 Å². The molecule has 1 fully saturated rings. The number of aryl methyl sites for hydroxylation is 1. The summed E-state index contributed by atoms with van der Waals surface area (Å²) in [4.78, 5) is 17.8. The lowest BCUT2D eigenvalue weighted by atomic mass is 10.1. The third-order valence-electron chi connectivity index (χ3n) is 5.49. The minimum absolute atomic E-state index is 0.108. The summed E-state index contributed by atoms with van der Waals surface area (Å²) in [6.07, 6.45) is 2.15. The number of aromatic amines is 1. The van der Waals surface area contributed by atoms with Gasteiger partial charge in [0.2, 0.25) is 0 Å². The Morgan fingerprint density at radius 2 is 2.16 bits per heavy atom. The lowest BCUT2D eigenvalue weighted by Gasteiger charge is -2.28. The highest BCUT2D eigenvalue weighted by Gasteiger charge is 2.22. The van der Waals surface area contributed by atoms with Crippen molar-refractivity contribution < 1.29 is 9.47 Å². The molecule has 1 aliphatic rings. The van der Waals surface area contributed by atoms with Crippen molar-refractivity contribution in [3.8, 4) is 5.75 Å². The molecule has 2 aromatic carbocycles. The second kappa shape index (κ2) is 9.49. The molecule has 2 heterocycles. The van der Waals surface area contributed by atoms with Crippen molar-refractivity contribution in [2.75, 3.05) is 25.6 Å². The molecule has 4 rings (SSSR count). The van der Waals surface area contributed by atoms with Gasteiger partial charge in [-0.2, -0.15) is 0 Å². The van der Waals surface area contributed by atoms with Crippen LogP contribution in [0, 0.1) is 6.92 Å². The molecule has 3 aromatic rings. The maximum Gasteiger partial charge on any atom is 0.253 e. The molecule has 0 amide bonds. The highest BCUT2D eigenvalue weighted by atomic mass is 32.1. The van der Waals surface area contributed by atoms with Gasteiger partial charge in [-0.05, 0) is 73.9 Å². The summed E-state index contributed by atoms with van der Waals surface area (Å²) in [5.41, 5.74) is 3.39. The Morgan fingerprint density at radius 1 is 1.29 bits per heavy atom. The summed E-state index contributed by atoms with van der Waals surface area (Å²) in [5.74, 6) is 0.748. The van der Waals surface area contributed by atoms with E-state index in [0.29, 0.717) is 23.8 Å². The number of hydrogen-bond acceptors (Lipinski definition) is 4. The maximum atomic E-state index is 12.8. The first-order chi connectivity index (χ1) is 15.0. The summed E-state index contributed by atoms with van der Waals surface area (Å²) in [6, 6.07) is 15.6. The lowest BCUT2D eigenvalue weighted by Crippen LogP contribution is -2.40. The fraction of sp³-hybridized carbons (Fsp3) is 0.333. The predicted molar refractivity (Wildman–Crippen MR) is 128 cm³/mol. The van der Waals surface area contributed by atoms with Crippen LogP contribution in [-0.4, -0.2) is 41.4 Å². The summed E-state index contributed by atoms with van der Waals surface area (Å²) in [5, 5.41) is 4.82. The Morgan fingerprint density at radius 3 is 2.90 bits per heavy atom. The smallest absolute Gasteiger partial charge is 0.253 e. The van der Waals surface area contributed by atoms with Crippen molar-refractivity contribution in [3.05, 3.63) is 70.0 Å². The molecular formula is C24H27N3O3S. The number of aromatic nitrogens is 1. The van der Waals surface area contributed by atoms with Gasteiger partial charge >= 0.3 is 0 Å². The first-order valence-corrected chi connectivity index (χ1v) is 10.9. The standard InChI is InChI=1S/C24H27N3O3S/c1-16-5-3-6-19(11-16)25-24(31)27(15-21-7-4-10-30-21)14-18-12-17-13-20(29-2)8-9-22(17)26-23(18)28/h3,5-6,8-9,11-13,21H,4,7,10,14-15H2,1-2H3,(H,25,31)(H,26,28)/t21-/m1/s1. The summed E-state index contributed by atoms with van der Waals surface area (Å²) >= 11 is 5.74. The van der Waals surface area contributed by atoms with E-state index in [9.17, 15) is 4.79 Å². The van der Waals surface area contributed by atoms with Crippen molar-refractivity contribution in [3.63, 3.8) is 0 Å². The van der Waals surface area contributed by atoms with Crippen LogP contribution in [0.4, 0.5) is 5.69 Å². The number of ether oxygens (including phenoxy) is 2. The molecule has 31 heavy (non-hydrogen) atoms. The topological polar surface area (TPSA) is 66.6 Å². The second-order valence-electron chi connectivity index (χ2n) is 7.89. The van der Waals surface area contributed by atoms with Gasteiger partial charge in [-0.15, -0.1) is 0 Å². The number of thiocarbonyl (C=S) groups is 1. The fourth-order valence-corrected chi connectivity index (χ4v) is 4.12. The number of fused-ring (bicyclic) bond motifs is 1. The van der Waals surface area contributed by atoms with Gasteiger partial charge in [-0.25, -0.2) is 0 Å². The molecule has 0 unspecified atom stereocenters. The molecule has 1 saturated heterocycles. The van der Waals surface area contributed by atoms with Gasteiger partial charge in [0.15, 0.2) is 5.11 Å². The Labute approximate surface area is 187 Å². The van der Waals surface area contributed by atoms with E-state index in [1.54, 1.807) is 7.11 Å². The minimum Gasteiger partial charge on any atom is -0.497 e. The highest BCUT2D eigenvalue weighted by molar-refractivity contribution is 7.80. The Balaban J connectivity index is 1.61. The molecule has 162 valence electrons. The molecule has 0 spiro atoms. The average molecular weight is 438 g/mol. The van der Waals surface area contributed by atoms with Crippen LogP contribution in [-0.2, 0) is 11.3 Å². The second-order valence-corrected chi connectivity index (χ2v) is 8.28. The fourth-order valence-electron chi connectivity index (χ4n) is 3.86. The Hall–Kier alpha value is -2.90. The van der Waals surface area contributed by atoms with E-state index in [1.165, 1.54) is 0 Å². The zero-order valence-electron chi connectivity index (χ0n) is 17.8. The Kier molecular flexibility index (Phi) is 6.53. The van der Waals surface area contributed by atoms with Gasteiger partial charge in [0.1, 0.15) is 5.75 Å². The largest absolute Gasteiger partial charge is 0.497 e. The molecule has 2 N–H and O–H groups in total. The molecule has 0 aliphatic carbocycles. The van der Waals surface area contributed by atoms with E-state index in [4.69, 9.17) is 21.7 Å². The van der Waals surface area contributed by atoms with Gasteiger partial charge in [-0.1, -0.05) is 12.1 Å². The summed E-state index contributed by atoms with van der Waals surface area (Å²) < 4.78 is 11.2. The number of pyridine rings is 1. The number of nitrogens with one attached hydrogen (secondary N) is 2. The minimum atomic E-state index is -0.117. The van der Waals surface area contributed by atoms with Crippen LogP contribution in [0.3, 0.4) is 0 Å². The van der Waals surface area contributed by atoms with E-state index >= 15 is 0 Å². The molecular weight excluding hydrogens is 410 g/mol. The molecule has 0 bridgehead atoms. The van der Waals surface area contributed by atoms with E-state index in [0.717, 1.165) is 47.4 Å². The van der Waals surface area contributed by atoms with Crippen LogP contribution in [0.15, 0.2) is 53.3 Å². The number of anilines is 1. The van der Waals surface area contributed by atoms with Gasteiger partial charge in [0.25, 0.3) is 5.56 Å². The normalized spacial score (nSPS) is 15.7. The first-order valence-electron chi connectivity index (χ1n) is 10.5. The van der Waals surface area contributed by atoms with E-state index in [2.05, 4.69) is 10.3 Å². The number of nitrogens with zero attached hydrogens (tertiary/aromatic N) is 1. The van der Waals surface area contributed by atoms with Gasteiger partial charge in [-0.3, -0.25) is 4.79 Å². The van der Waals surface area contributed by atoms with Crippen molar-refractivity contribution in [2.24, 2.45) is 0 Å². The SMILES string of the molecule is COc1ccc2[nH]c(=O)c(CN(C[C@H]3CCCO3)C(=S)Nc3cccc(C)c3)cc2c1. The number of benzene rings is 2. The molecule has 0 saturated carbocycles. The van der Waals surface area contributed by atoms with E-state index in [1.807, 2.05) is 60.4 Å². The average Bonchev–Trinajstić information content (AvgIpc) is 3.26. The number of rotatable bonds is 6. The number of hydrogen-bond donors (Lipinski definition) is 2. The first kappa shape index (κ1) is 21.3. The molecule has 1 atom stereocenters. The van der Waals surface area contributed by atoms with Crippen LogP contribution in [0.25, 0.3) is 10.9 Å². The number of methoxy groups -OCH3 is 1. The van der Waals surface area contributed by atoms with E-state index < -0.39 is 0 Å². The van der Waals surface area contributed by atoms with E-state index in [-0.39, 0.29) is 11.7 Å². The van der Waals surface area contributed by atoms with Gasteiger partial charge in [0, 0.05) is 35.3 Å². The number of H-pyrrole nitrogens is 1. The highest BCUT2D eigenvalue weighted by Crippen LogP contribution is 2.21. The predicted octanol–water partition coefficient (Wildman–Crippen LogP) is 4.22. The zero-order chi connectivity index (χ0) is 21.8. The van der Waals surface area contributed by atoms with Crippen LogP contribution < -0.4 is 15.6 Å². The quantitative estimate of drug-likeness (QED) is 0.563. The maximum absolute atomic E-state index is 12.8. The molecule has 6 nitrogen and oxygen atoms in total. The molecule has 1 aliphatic heterocycles. The zero-order valence-corrected chi connectivity index (χ0v) is 18.6. The van der Waals surface area contributed by atoms with Crippen LogP contribution in [0.5, 0.6) is 5.75 Å².